The summed E-state index contributed by atoms with van der Waals surface area (Å²) in [7, 11) is 9.26. The Kier molecular flexibility index (Phi) is 13.5. The first-order chi connectivity index (χ1) is 13.9. The van der Waals surface area contributed by atoms with E-state index in [1.54, 1.807) is 19.7 Å². The number of benzene rings is 1. The minimum Gasteiger partial charge on any atom is -0.508 e. The number of quaternary nitrogens is 1. The molecule has 6 heteroatoms. The molecule has 0 aromatic heterocycles. The maximum absolute atomic E-state index is 10.5. The molecule has 0 atom stereocenters. The predicted octanol–water partition coefficient (Wildman–Crippen LogP) is 3.51. The third-order valence-electron chi connectivity index (χ3n) is 4.14. The number of methoxy groups -OCH3 is 1. The average molecular weight is 407 g/mol. The number of aromatic hydroxyl groups is 1. The van der Waals surface area contributed by atoms with Crippen molar-refractivity contribution in [2.45, 2.75) is 34.2 Å². The highest BCUT2D eigenvalue weighted by Gasteiger charge is 2.18. The zero-order chi connectivity index (χ0) is 22.4. The third-order valence-corrected chi connectivity index (χ3v) is 4.14. The summed E-state index contributed by atoms with van der Waals surface area (Å²) in [6.45, 7) is 9.24. The fraction of sp³-hybridized carbons (Fsp3) is 0.478. The number of phenolic OH excluding ortho intramolecular Hbond substituents is 1. The second-order valence-corrected chi connectivity index (χ2v) is 6.51. The van der Waals surface area contributed by atoms with E-state index in [-0.39, 0.29) is 5.75 Å². The van der Waals surface area contributed by atoms with Gasteiger partial charge in [-0.15, -0.1) is 0 Å². The number of phenols is 1. The van der Waals surface area contributed by atoms with Crippen LogP contribution < -0.4 is 10.4 Å². The van der Waals surface area contributed by atoms with Gasteiger partial charge < -0.3 is 19.6 Å². The Labute approximate surface area is 177 Å². The van der Waals surface area contributed by atoms with Crippen LogP contribution in [0, 0.1) is 0 Å². The van der Waals surface area contributed by atoms with Gasteiger partial charge in [0.2, 0.25) is 0 Å². The molecule has 3 N–H and O–H groups in total. The van der Waals surface area contributed by atoms with Gasteiger partial charge in [0, 0.05) is 31.8 Å². The molecule has 0 spiro atoms. The van der Waals surface area contributed by atoms with E-state index in [0.717, 1.165) is 28.3 Å². The van der Waals surface area contributed by atoms with Gasteiger partial charge in [-0.3, -0.25) is 0 Å². The summed E-state index contributed by atoms with van der Waals surface area (Å²) in [4.78, 5) is 9.37. The minimum absolute atomic E-state index is 0.289. The zero-order valence-corrected chi connectivity index (χ0v) is 19.6. The summed E-state index contributed by atoms with van der Waals surface area (Å²) >= 11 is 0. The van der Waals surface area contributed by atoms with Crippen molar-refractivity contribution in [1.82, 2.24) is 4.90 Å². The lowest BCUT2D eigenvalue weighted by atomic mass is 10.0. The van der Waals surface area contributed by atoms with Crippen molar-refractivity contribution < 1.29 is 20.2 Å². The van der Waals surface area contributed by atoms with Crippen LogP contribution in [0.2, 0.25) is 0 Å². The summed E-state index contributed by atoms with van der Waals surface area (Å²) < 4.78 is 5.25. The van der Waals surface area contributed by atoms with E-state index in [1.165, 1.54) is 0 Å². The Morgan fingerprint density at radius 1 is 1.10 bits per heavy atom. The topological polar surface area (TPSA) is 61.8 Å². The van der Waals surface area contributed by atoms with Crippen LogP contribution in [0.5, 0.6) is 5.75 Å². The highest BCUT2D eigenvalue weighted by molar-refractivity contribution is 5.74. The average Bonchev–Trinajstić information content (AvgIpc) is 2.71. The Bertz CT molecular complexity index is 695. The molecule has 0 saturated heterocycles. The van der Waals surface area contributed by atoms with Crippen molar-refractivity contribution in [1.29, 1.82) is 0 Å². The van der Waals surface area contributed by atoms with E-state index in [4.69, 9.17) is 9.57 Å². The first-order valence-corrected chi connectivity index (χ1v) is 9.99. The Hall–Kier alpha value is -2.28. The van der Waals surface area contributed by atoms with Gasteiger partial charge in [0.1, 0.15) is 11.5 Å². The van der Waals surface area contributed by atoms with Gasteiger partial charge in [-0.1, -0.05) is 19.9 Å². The number of likely N-dealkylation sites (N-methyl/N-ethyl adjacent to an activating group) is 1. The Morgan fingerprint density at radius 2 is 1.76 bits per heavy atom. The van der Waals surface area contributed by atoms with Gasteiger partial charge in [-0.05, 0) is 52.2 Å². The maximum Gasteiger partial charge on any atom is 0.167 e. The van der Waals surface area contributed by atoms with Crippen molar-refractivity contribution in [3.05, 3.63) is 53.3 Å². The molecule has 1 rings (SSSR count). The Morgan fingerprint density at radius 3 is 2.24 bits per heavy atom. The number of nitrogens with zero attached hydrogens (tertiary/aromatic N) is 2. The standard InChI is InChI=1S/C21H33N3O3.C2H6/c1-8-17(26-6)11-10-12-24(5)20-14-21(25)16(15-23(3)4)13-18(20)19(9-2)22-27-7;1-2/h8-11,13-14,22,25H,12,15H2,1-7H3;1-2H3/p+1/b11-10-,17-8+,19-9-;. The van der Waals surface area contributed by atoms with E-state index in [9.17, 15) is 5.11 Å². The van der Waals surface area contributed by atoms with Crippen molar-refractivity contribution in [3.63, 3.8) is 0 Å². The molecule has 0 bridgehead atoms. The fourth-order valence-corrected chi connectivity index (χ4v) is 2.76. The largest absolute Gasteiger partial charge is 0.508 e. The van der Waals surface area contributed by atoms with Gasteiger partial charge in [0.25, 0.3) is 0 Å². The molecule has 6 nitrogen and oxygen atoms in total. The molecule has 164 valence electrons. The van der Waals surface area contributed by atoms with Gasteiger partial charge in [0.05, 0.1) is 25.5 Å². The van der Waals surface area contributed by atoms with Crippen LogP contribution in [0.4, 0.5) is 5.69 Å². The SMILES string of the molecule is C/C=C(\[NH2+]OC)c1cc(CN(C)C)c(O)cc1N(C)C/C=C\C(=C/C)OC.CC. The van der Waals surface area contributed by atoms with Gasteiger partial charge in [-0.25, -0.2) is 4.84 Å². The molecule has 0 aliphatic heterocycles. The number of nitrogens with two attached hydrogens (primary N) is 1. The van der Waals surface area contributed by atoms with Crippen LogP contribution in [0.15, 0.2) is 42.2 Å². The number of ether oxygens (including phenoxy) is 1. The van der Waals surface area contributed by atoms with Crippen LogP contribution in [0.1, 0.15) is 38.8 Å². The number of hydroxylamine groups is 1. The second kappa shape index (κ2) is 14.7. The van der Waals surface area contributed by atoms with Crippen LogP contribution in [-0.4, -0.2) is 51.9 Å². The molecule has 0 aliphatic rings. The number of anilines is 1. The Balaban J connectivity index is 0.00000379. The molecule has 0 fully saturated rings. The van der Waals surface area contributed by atoms with E-state index in [2.05, 4.69) is 4.90 Å². The third kappa shape index (κ3) is 8.73. The minimum atomic E-state index is 0.289. The lowest BCUT2D eigenvalue weighted by molar-refractivity contribution is -0.824. The van der Waals surface area contributed by atoms with Crippen molar-refractivity contribution in [2.75, 3.05) is 46.8 Å². The van der Waals surface area contributed by atoms with Crippen LogP contribution >= 0.6 is 0 Å². The molecule has 0 amide bonds. The molecule has 1 aromatic rings. The van der Waals surface area contributed by atoms with Gasteiger partial charge >= 0.3 is 0 Å². The number of allylic oxidation sites excluding steroid dienone is 3. The first kappa shape index (κ1) is 26.7. The summed E-state index contributed by atoms with van der Waals surface area (Å²) in [5.74, 6) is 1.10. The van der Waals surface area contributed by atoms with E-state index < -0.39 is 0 Å². The smallest absolute Gasteiger partial charge is 0.167 e. The molecule has 0 radical (unpaired) electrons. The normalized spacial score (nSPS) is 12.2. The summed E-state index contributed by atoms with van der Waals surface area (Å²) in [5, 5.41) is 10.5. The van der Waals surface area contributed by atoms with Crippen LogP contribution in [0.25, 0.3) is 5.70 Å². The molecular weight excluding hydrogens is 366 g/mol. The van der Waals surface area contributed by atoms with E-state index in [1.807, 2.05) is 90.2 Å². The van der Waals surface area contributed by atoms with Gasteiger partial charge in [-0.2, -0.15) is 5.48 Å². The van der Waals surface area contributed by atoms with Crippen molar-refractivity contribution >= 4 is 11.4 Å². The lowest BCUT2D eigenvalue weighted by Crippen LogP contribution is -2.79. The van der Waals surface area contributed by atoms with E-state index in [0.29, 0.717) is 13.1 Å². The molecule has 0 heterocycles. The first-order valence-electron chi connectivity index (χ1n) is 9.99. The number of hydrogen-bond donors (Lipinski definition) is 2. The molecule has 0 unspecified atom stereocenters. The predicted molar refractivity (Wildman–Crippen MR) is 123 cm³/mol. The maximum atomic E-state index is 10.5. The van der Waals surface area contributed by atoms with Gasteiger partial charge in [0.15, 0.2) is 5.70 Å². The number of rotatable bonds is 10. The lowest BCUT2D eigenvalue weighted by Gasteiger charge is -2.23. The molecule has 29 heavy (non-hydrogen) atoms. The van der Waals surface area contributed by atoms with Crippen LogP contribution in [0.3, 0.4) is 0 Å². The highest BCUT2D eigenvalue weighted by Crippen LogP contribution is 2.32. The number of hydrogen-bond acceptors (Lipinski definition) is 5. The monoisotopic (exact) mass is 406 g/mol. The summed E-state index contributed by atoms with van der Waals surface area (Å²) in [5.41, 5.74) is 5.52. The zero-order valence-electron chi connectivity index (χ0n) is 19.6. The second-order valence-electron chi connectivity index (χ2n) is 6.51. The van der Waals surface area contributed by atoms with Crippen molar-refractivity contribution in [3.8, 4) is 5.75 Å². The summed E-state index contributed by atoms with van der Waals surface area (Å²) in [6.07, 6.45) is 7.89. The van der Waals surface area contributed by atoms with E-state index >= 15 is 0 Å². The van der Waals surface area contributed by atoms with Crippen molar-refractivity contribution in [2.24, 2.45) is 0 Å². The fourth-order valence-electron chi connectivity index (χ4n) is 2.76. The molecule has 1 aromatic carbocycles. The summed E-state index contributed by atoms with van der Waals surface area (Å²) in [6, 6.07) is 3.85. The molecule has 0 aliphatic carbocycles. The highest BCUT2D eigenvalue weighted by atomic mass is 16.6. The quantitative estimate of drug-likeness (QED) is 0.354. The molecular formula is C23H40N3O3+. The molecule has 0 saturated carbocycles. The van der Waals surface area contributed by atoms with Crippen LogP contribution in [-0.2, 0) is 16.1 Å².